The SMILES string of the molecule is COc1ccc(Br)cc1COCC1CCCCC1CN. The van der Waals surface area contributed by atoms with Gasteiger partial charge in [-0.15, -0.1) is 0 Å². The van der Waals surface area contributed by atoms with Gasteiger partial charge in [0.15, 0.2) is 0 Å². The van der Waals surface area contributed by atoms with Gasteiger partial charge in [0, 0.05) is 10.0 Å². The summed E-state index contributed by atoms with van der Waals surface area (Å²) in [6.07, 6.45) is 5.13. The van der Waals surface area contributed by atoms with Crippen molar-refractivity contribution >= 4 is 15.9 Å². The van der Waals surface area contributed by atoms with Gasteiger partial charge in [-0.2, -0.15) is 0 Å². The highest BCUT2D eigenvalue weighted by molar-refractivity contribution is 9.10. The van der Waals surface area contributed by atoms with Crippen LogP contribution in [0.4, 0.5) is 0 Å². The average Bonchev–Trinajstić information content (AvgIpc) is 2.48. The van der Waals surface area contributed by atoms with Crippen LogP contribution in [0.25, 0.3) is 0 Å². The van der Waals surface area contributed by atoms with E-state index in [1.807, 2.05) is 12.1 Å². The minimum atomic E-state index is 0.594. The van der Waals surface area contributed by atoms with Crippen LogP contribution in [-0.2, 0) is 11.3 Å². The lowest BCUT2D eigenvalue weighted by molar-refractivity contribution is 0.0503. The second-order valence-electron chi connectivity index (χ2n) is 5.51. The van der Waals surface area contributed by atoms with E-state index in [-0.39, 0.29) is 0 Å². The maximum atomic E-state index is 5.93. The summed E-state index contributed by atoms with van der Waals surface area (Å²) in [5, 5.41) is 0. The van der Waals surface area contributed by atoms with E-state index in [4.69, 9.17) is 15.2 Å². The molecule has 1 aromatic rings. The first-order chi connectivity index (χ1) is 9.74. The molecule has 0 radical (unpaired) electrons. The second kappa shape index (κ2) is 8.01. The first-order valence-electron chi connectivity index (χ1n) is 7.34. The predicted octanol–water partition coefficient (Wildman–Crippen LogP) is 3.74. The Hall–Kier alpha value is -0.580. The Kier molecular flexibility index (Phi) is 6.33. The van der Waals surface area contributed by atoms with Crippen LogP contribution in [0.2, 0.25) is 0 Å². The third-order valence-corrected chi connectivity index (χ3v) is 4.69. The molecule has 2 N–H and O–H groups in total. The van der Waals surface area contributed by atoms with E-state index in [0.29, 0.717) is 18.4 Å². The van der Waals surface area contributed by atoms with E-state index >= 15 is 0 Å². The Labute approximate surface area is 130 Å². The molecule has 0 aromatic heterocycles. The fourth-order valence-corrected chi connectivity index (χ4v) is 3.40. The van der Waals surface area contributed by atoms with Crippen molar-refractivity contribution in [3.63, 3.8) is 0 Å². The summed E-state index contributed by atoms with van der Waals surface area (Å²) in [5.74, 6) is 2.13. The third-order valence-electron chi connectivity index (χ3n) is 4.20. The quantitative estimate of drug-likeness (QED) is 0.857. The summed E-state index contributed by atoms with van der Waals surface area (Å²) in [4.78, 5) is 0. The van der Waals surface area contributed by atoms with E-state index in [1.54, 1.807) is 7.11 Å². The highest BCUT2D eigenvalue weighted by Gasteiger charge is 2.24. The van der Waals surface area contributed by atoms with Crippen molar-refractivity contribution in [1.29, 1.82) is 0 Å². The smallest absolute Gasteiger partial charge is 0.124 e. The zero-order valence-electron chi connectivity index (χ0n) is 12.1. The fraction of sp³-hybridized carbons (Fsp3) is 0.625. The Morgan fingerprint density at radius 1 is 1.25 bits per heavy atom. The van der Waals surface area contributed by atoms with Crippen molar-refractivity contribution in [2.24, 2.45) is 17.6 Å². The van der Waals surface area contributed by atoms with Crippen molar-refractivity contribution in [3.8, 4) is 5.75 Å². The van der Waals surface area contributed by atoms with E-state index in [1.165, 1.54) is 25.7 Å². The second-order valence-corrected chi connectivity index (χ2v) is 6.43. The molecule has 0 spiro atoms. The average molecular weight is 342 g/mol. The maximum absolute atomic E-state index is 5.93. The summed E-state index contributed by atoms with van der Waals surface area (Å²) in [5.41, 5.74) is 6.95. The zero-order chi connectivity index (χ0) is 14.4. The Morgan fingerprint density at radius 3 is 2.70 bits per heavy atom. The lowest BCUT2D eigenvalue weighted by atomic mass is 9.80. The Bertz CT molecular complexity index is 425. The largest absolute Gasteiger partial charge is 0.496 e. The molecule has 2 rings (SSSR count). The van der Waals surface area contributed by atoms with E-state index in [9.17, 15) is 0 Å². The summed E-state index contributed by atoms with van der Waals surface area (Å²) in [6.45, 7) is 2.18. The van der Waals surface area contributed by atoms with Gasteiger partial charge in [-0.1, -0.05) is 28.8 Å². The minimum absolute atomic E-state index is 0.594. The van der Waals surface area contributed by atoms with Crippen LogP contribution in [0.1, 0.15) is 31.2 Å². The normalized spacial score (nSPS) is 22.8. The van der Waals surface area contributed by atoms with Gasteiger partial charge in [-0.25, -0.2) is 0 Å². The summed E-state index contributed by atoms with van der Waals surface area (Å²) in [6, 6.07) is 6.00. The zero-order valence-corrected chi connectivity index (χ0v) is 13.7. The molecule has 0 bridgehead atoms. The van der Waals surface area contributed by atoms with Crippen molar-refractivity contribution in [2.45, 2.75) is 32.3 Å². The van der Waals surface area contributed by atoms with Gasteiger partial charge in [-0.05, 0) is 49.4 Å². The van der Waals surface area contributed by atoms with E-state index < -0.39 is 0 Å². The molecule has 20 heavy (non-hydrogen) atoms. The van der Waals surface area contributed by atoms with E-state index in [0.717, 1.165) is 28.9 Å². The van der Waals surface area contributed by atoms with Gasteiger partial charge >= 0.3 is 0 Å². The molecule has 0 saturated heterocycles. The maximum Gasteiger partial charge on any atom is 0.124 e. The van der Waals surface area contributed by atoms with Crippen LogP contribution in [0.3, 0.4) is 0 Å². The number of nitrogens with two attached hydrogens (primary N) is 1. The van der Waals surface area contributed by atoms with Crippen molar-refractivity contribution in [3.05, 3.63) is 28.2 Å². The van der Waals surface area contributed by atoms with Gasteiger partial charge < -0.3 is 15.2 Å². The molecule has 0 aliphatic heterocycles. The number of rotatable bonds is 6. The molecule has 2 unspecified atom stereocenters. The van der Waals surface area contributed by atoms with Gasteiger partial charge in [0.05, 0.1) is 20.3 Å². The van der Waals surface area contributed by atoms with Gasteiger partial charge in [0.1, 0.15) is 5.75 Å². The highest BCUT2D eigenvalue weighted by atomic mass is 79.9. The van der Waals surface area contributed by atoms with Crippen LogP contribution < -0.4 is 10.5 Å². The molecule has 1 fully saturated rings. The Balaban J connectivity index is 1.87. The lowest BCUT2D eigenvalue weighted by Crippen LogP contribution is -2.29. The first-order valence-corrected chi connectivity index (χ1v) is 8.14. The molecule has 4 heteroatoms. The summed E-state index contributed by atoms with van der Waals surface area (Å²) >= 11 is 3.49. The first kappa shape index (κ1) is 15.8. The third kappa shape index (κ3) is 4.21. The molecule has 1 aromatic carbocycles. The number of ether oxygens (including phenoxy) is 2. The minimum Gasteiger partial charge on any atom is -0.496 e. The van der Waals surface area contributed by atoms with Crippen molar-refractivity contribution in [2.75, 3.05) is 20.3 Å². The summed E-state index contributed by atoms with van der Waals surface area (Å²) in [7, 11) is 1.69. The highest BCUT2D eigenvalue weighted by Crippen LogP contribution is 2.30. The fourth-order valence-electron chi connectivity index (χ4n) is 2.99. The van der Waals surface area contributed by atoms with Gasteiger partial charge in [-0.3, -0.25) is 0 Å². The Morgan fingerprint density at radius 2 is 2.00 bits per heavy atom. The molecule has 3 nitrogen and oxygen atoms in total. The monoisotopic (exact) mass is 341 g/mol. The van der Waals surface area contributed by atoms with Crippen LogP contribution in [0.15, 0.2) is 22.7 Å². The molecule has 0 amide bonds. The standard InChI is InChI=1S/C16H24BrNO2/c1-19-16-7-6-15(17)8-14(16)11-20-10-13-5-3-2-4-12(13)9-18/h6-8,12-13H,2-5,9-11,18H2,1H3. The number of benzene rings is 1. The van der Waals surface area contributed by atoms with E-state index in [2.05, 4.69) is 22.0 Å². The molecule has 112 valence electrons. The lowest BCUT2D eigenvalue weighted by Gasteiger charge is -2.30. The van der Waals surface area contributed by atoms with Crippen molar-refractivity contribution < 1.29 is 9.47 Å². The van der Waals surface area contributed by atoms with Gasteiger partial charge in [0.25, 0.3) is 0 Å². The molecule has 1 aliphatic carbocycles. The van der Waals surface area contributed by atoms with Crippen LogP contribution in [0.5, 0.6) is 5.75 Å². The number of hydrogen-bond donors (Lipinski definition) is 1. The molecule has 2 atom stereocenters. The van der Waals surface area contributed by atoms with Crippen LogP contribution in [0, 0.1) is 11.8 Å². The number of methoxy groups -OCH3 is 1. The molecule has 0 heterocycles. The number of halogens is 1. The predicted molar refractivity (Wildman–Crippen MR) is 84.9 cm³/mol. The summed E-state index contributed by atoms with van der Waals surface area (Å²) < 4.78 is 12.3. The molecule has 1 aliphatic rings. The van der Waals surface area contributed by atoms with Gasteiger partial charge in [0.2, 0.25) is 0 Å². The molecular formula is C16H24BrNO2. The number of hydrogen-bond acceptors (Lipinski definition) is 3. The van der Waals surface area contributed by atoms with Crippen LogP contribution >= 0.6 is 15.9 Å². The molecule has 1 saturated carbocycles. The topological polar surface area (TPSA) is 44.5 Å². The van der Waals surface area contributed by atoms with Crippen LogP contribution in [-0.4, -0.2) is 20.3 Å². The molecular weight excluding hydrogens is 318 g/mol. The van der Waals surface area contributed by atoms with Crippen molar-refractivity contribution in [1.82, 2.24) is 0 Å².